The molecule has 8 heterocycles. The Morgan fingerprint density at radius 2 is 0.812 bits per heavy atom. The van der Waals surface area contributed by atoms with Crippen LogP contribution in [0.2, 0.25) is 10.0 Å². The van der Waals surface area contributed by atoms with Crippen molar-refractivity contribution in [3.63, 3.8) is 0 Å². The van der Waals surface area contributed by atoms with Crippen LogP contribution in [-0.4, -0.2) is 98.0 Å². The van der Waals surface area contributed by atoms with Gasteiger partial charge in [0, 0.05) is 136 Å². The number of Topliss-reactive ketones (excluding diaryl/α,β-unsaturated/α-hetero) is 1. The summed E-state index contributed by atoms with van der Waals surface area (Å²) >= 11 is 14.1. The zero-order valence-corrected chi connectivity index (χ0v) is 71.7. The number of anilines is 3. The second-order valence-electron chi connectivity index (χ2n) is 32.6. The predicted molar refractivity (Wildman–Crippen MR) is 480 cm³/mol. The van der Waals surface area contributed by atoms with Gasteiger partial charge in [0.15, 0.2) is 22.9 Å². The minimum Gasteiger partial charge on any atom is -0.477 e. The molecule has 16 nitrogen and oxygen atoms in total. The quantitative estimate of drug-likeness (QED) is 0.0505. The van der Waals surface area contributed by atoms with Gasteiger partial charge in [-0.2, -0.15) is 0 Å². The maximum atomic E-state index is 13.1. The van der Waals surface area contributed by atoms with Gasteiger partial charge < -0.3 is 30.9 Å². The average Bonchev–Trinajstić information content (AvgIpc) is 1.71. The number of rotatable bonds is 15. The van der Waals surface area contributed by atoms with Crippen LogP contribution >= 0.6 is 45.8 Å². The molecule has 4 aliphatic heterocycles. The van der Waals surface area contributed by atoms with Crippen LogP contribution in [0.1, 0.15) is 176 Å². The minimum absolute atomic E-state index is 0. The van der Waals surface area contributed by atoms with E-state index in [0.29, 0.717) is 92.6 Å². The number of hydrogen-bond donors (Lipinski definition) is 3. The van der Waals surface area contributed by atoms with Crippen LogP contribution in [0.15, 0.2) is 243 Å². The van der Waals surface area contributed by atoms with Gasteiger partial charge in [-0.05, 0) is 192 Å². The molecule has 8 aromatic carbocycles. The molecule has 20 rings (SSSR count). The van der Waals surface area contributed by atoms with Crippen LogP contribution < -0.4 is 25.8 Å². The van der Waals surface area contributed by atoms with Crippen molar-refractivity contribution in [2.45, 2.75) is 136 Å². The van der Waals surface area contributed by atoms with Gasteiger partial charge in [-0.3, -0.25) is 13.6 Å². The first-order valence-electron chi connectivity index (χ1n) is 39.9. The summed E-state index contributed by atoms with van der Waals surface area (Å²) in [6.07, 6.45) is 19.4. The first kappa shape index (κ1) is 86.8. The van der Waals surface area contributed by atoms with Crippen molar-refractivity contribution in [2.24, 2.45) is 27.4 Å². The zero-order valence-electron chi connectivity index (χ0n) is 65.1. The summed E-state index contributed by atoms with van der Waals surface area (Å²) in [5.74, 6) is 3.05. The fourth-order valence-corrected chi connectivity index (χ4v) is 19.1. The number of aromatic nitrogens is 6. The number of hydrogen-bond acceptors (Lipinski definition) is 11. The number of carbonyl (C=O) groups is 2. The number of aryl methyl sites for hydroxylation is 3. The maximum absolute atomic E-state index is 13.1. The summed E-state index contributed by atoms with van der Waals surface area (Å²) in [6.45, 7) is 27.7. The first-order chi connectivity index (χ1) is 55.4. The fourth-order valence-electron chi connectivity index (χ4n) is 18.4. The summed E-state index contributed by atoms with van der Waals surface area (Å²) in [5.41, 5.74) is 23.8. The first-order valence-corrected chi connectivity index (χ1v) is 41.7. The van der Waals surface area contributed by atoms with E-state index in [0.717, 1.165) is 48.1 Å². The van der Waals surface area contributed by atoms with Gasteiger partial charge in [0.25, 0.3) is 0 Å². The third kappa shape index (κ3) is 19.9. The fraction of sp³-hybridized carbons (Fsp3) is 0.340. The van der Waals surface area contributed by atoms with Crippen LogP contribution in [0.3, 0.4) is 0 Å². The molecule has 117 heavy (non-hydrogen) atoms. The molecule has 0 amide bonds. The smallest absolute Gasteiger partial charge is 0.354 e. The van der Waals surface area contributed by atoms with E-state index >= 15 is 0 Å². The molecule has 12 aromatic rings. The van der Waals surface area contributed by atoms with Crippen molar-refractivity contribution in [3.05, 3.63) is 336 Å². The molecular weight excluding hydrogens is 1780 g/mol. The Morgan fingerprint density at radius 3 is 1.14 bits per heavy atom. The van der Waals surface area contributed by atoms with E-state index < -0.39 is 5.97 Å². The average molecular weight is 1880 g/mol. The van der Waals surface area contributed by atoms with Crippen molar-refractivity contribution < 1.29 is 35.8 Å². The van der Waals surface area contributed by atoms with E-state index in [1.54, 1.807) is 22.4 Å². The number of carboxylic acids is 1. The van der Waals surface area contributed by atoms with Crippen molar-refractivity contribution >= 4 is 97.5 Å². The second kappa shape index (κ2) is 38.4. The van der Waals surface area contributed by atoms with Gasteiger partial charge in [-0.1, -0.05) is 234 Å². The topological polar surface area (TPSA) is 171 Å². The largest absolute Gasteiger partial charge is 0.477 e. The van der Waals surface area contributed by atoms with Crippen LogP contribution in [0.25, 0.3) is 21.2 Å². The number of imidazole rings is 2. The van der Waals surface area contributed by atoms with E-state index in [1.807, 2.05) is 50.2 Å². The second-order valence-corrected chi connectivity index (χ2v) is 34.7. The molecule has 4 N–H and O–H groups in total. The van der Waals surface area contributed by atoms with Gasteiger partial charge in [-0.15, -0.1) is 0 Å². The molecule has 4 saturated heterocycles. The summed E-state index contributed by atoms with van der Waals surface area (Å²) < 4.78 is 4.29. The summed E-state index contributed by atoms with van der Waals surface area (Å²) in [4.78, 5) is 55.1. The third-order valence-electron chi connectivity index (χ3n) is 24.6. The van der Waals surface area contributed by atoms with Gasteiger partial charge in [0.05, 0.1) is 47.0 Å². The molecule has 602 valence electrons. The van der Waals surface area contributed by atoms with E-state index in [-0.39, 0.29) is 47.4 Å². The van der Waals surface area contributed by atoms with Crippen LogP contribution in [0.5, 0.6) is 0 Å². The molecule has 0 atom stereocenters. The molecule has 4 aromatic heterocycles. The number of nitrogens with one attached hydrogen (secondary N) is 1. The SMILES string of the molecule is C.C.CCc1nc2ncc(Cl)cn2c1C(=O)CCc1ccc(N2CC3(CC(c4ccccc4)C3)C2)cc1.CCc1nc2ncc(Cl)cn2c1C(=O)O.NCc1ccc(N2CC3(CC(c4ccccc4)C3)C2)cc1.[C-]#[N+]c1ccc(I)cc1.[C-]#[N+]c1ccc(N2CC3(CC(c4ccccc4)C3)C2)cc1.[W].c1ccc(C2CC3(CNC3)C2)cc1. The number of halogens is 3. The number of aromatic carboxylic acids is 1. The summed E-state index contributed by atoms with van der Waals surface area (Å²) in [7, 11) is 0. The molecule has 4 aliphatic carbocycles. The number of fused-ring (bicyclic) bond motifs is 2. The Labute approximate surface area is 727 Å². The monoisotopic (exact) mass is 1880 g/mol. The molecule has 0 radical (unpaired) electrons. The minimum atomic E-state index is -1.02. The van der Waals surface area contributed by atoms with Gasteiger partial charge in [0.2, 0.25) is 11.6 Å². The molecule has 20 heteroatoms. The van der Waals surface area contributed by atoms with E-state index in [1.165, 1.54) is 156 Å². The van der Waals surface area contributed by atoms with Crippen LogP contribution in [0, 0.1) is 38.4 Å². The van der Waals surface area contributed by atoms with E-state index in [4.69, 9.17) is 47.2 Å². The van der Waals surface area contributed by atoms with Crippen molar-refractivity contribution in [3.8, 4) is 0 Å². The number of nitrogens with zero attached hydrogens (tertiary/aromatic N) is 11. The molecule has 8 aliphatic rings. The summed E-state index contributed by atoms with van der Waals surface area (Å²) in [6, 6.07) is 76.7. The van der Waals surface area contributed by atoms with Crippen molar-refractivity contribution in [2.75, 3.05) is 67.1 Å². The molecular formula is C97H104Cl2IN13O3W. The molecule has 0 unspecified atom stereocenters. The number of benzene rings is 8. The molecule has 4 spiro atoms. The molecule has 8 fully saturated rings. The molecule has 4 saturated carbocycles. The Bertz CT molecular complexity index is 5360. The van der Waals surface area contributed by atoms with Crippen molar-refractivity contribution in [1.82, 2.24) is 34.1 Å². The number of nitrogens with two attached hydrogens (primary N) is 1. The Morgan fingerprint density at radius 1 is 0.487 bits per heavy atom. The number of carbonyl (C=O) groups excluding carboxylic acids is 1. The molecule has 0 bridgehead atoms. The van der Waals surface area contributed by atoms with Gasteiger partial charge >= 0.3 is 5.97 Å². The van der Waals surface area contributed by atoms with Gasteiger partial charge in [0.1, 0.15) is 5.69 Å². The Hall–Kier alpha value is -9.56. The van der Waals surface area contributed by atoms with Crippen LogP contribution in [-0.2, 0) is 46.9 Å². The maximum Gasteiger partial charge on any atom is 0.354 e. The van der Waals surface area contributed by atoms with Crippen LogP contribution in [0.4, 0.5) is 28.4 Å². The van der Waals surface area contributed by atoms with Gasteiger partial charge in [-0.25, -0.2) is 34.4 Å². The standard InChI is InChI=1S/C29H29ClN4O.C19H18N2.C19H22N2.C12H15N.C9H8ClN3O2.C7H4IN.2CH4.W/c1-2-25-27(34-17-23(30)16-31-28(34)32-25)26(35)13-10-20-8-11-24(12-9-20)33-18-29(19-33)14-22(15-29)21-6-4-3-5-7-21;1-20-17-7-9-18(10-8-17)21-13-19(14-21)11-16(12-19)15-5-3-2-4-6-15;20-12-15-6-8-18(9-7-15)21-13-19(14-21)10-17(11-19)16-4-2-1-3-5-16;1-2-4-10(5-3-1)11-6-12(7-11)8-13-9-12;1-2-6-7(8(14)15)13-4-5(10)3-11-9(13)12-6;1-9-7-4-2-6(8)3-5-7;;;/h3-9,11-12,16-17,22H,2,10,13-15,18-19H2,1H3;2-10,16H,11-14H2;1-9,17H,10-14,20H2;1-5,11,13H,6-9H2;3-4H,2H2,1H3,(H,14,15);2-5H;2*1H4;. The predicted octanol–water partition coefficient (Wildman–Crippen LogP) is 22.2. The normalized spacial score (nSPS) is 17.5. The summed E-state index contributed by atoms with van der Waals surface area (Å²) in [5, 5.41) is 13.3. The van der Waals surface area contributed by atoms with E-state index in [9.17, 15) is 9.59 Å². The van der Waals surface area contributed by atoms with Crippen molar-refractivity contribution in [1.29, 1.82) is 0 Å². The van der Waals surface area contributed by atoms with E-state index in [2.05, 4.69) is 254 Å². The number of carboxylic acid groups (broad SMARTS) is 1. The Balaban J connectivity index is 0.000000135. The Kier molecular flexibility index (Phi) is 28.5. The zero-order chi connectivity index (χ0) is 79.0. The third-order valence-corrected chi connectivity index (χ3v) is 25.7. The number of ketones is 1.